The first-order valence-electron chi connectivity index (χ1n) is 4.92. The standard InChI is InChI=1S/C11H12N4O/c1-7-6-10(15-14-7)8-4-3-5-9(13-8)11(16)12-2/h3-6H,1-2H3,(H,12,16)(H,14,15). The third kappa shape index (κ3) is 1.93. The highest BCUT2D eigenvalue weighted by Gasteiger charge is 2.08. The zero-order chi connectivity index (χ0) is 11.5. The lowest BCUT2D eigenvalue weighted by atomic mass is 10.2. The number of hydrogen-bond donors (Lipinski definition) is 2. The van der Waals surface area contributed by atoms with Gasteiger partial charge in [0.15, 0.2) is 0 Å². The Balaban J connectivity index is 2.39. The van der Waals surface area contributed by atoms with Crippen LogP contribution in [0.25, 0.3) is 11.4 Å². The van der Waals surface area contributed by atoms with E-state index in [1.54, 1.807) is 19.2 Å². The Morgan fingerprint density at radius 1 is 1.38 bits per heavy atom. The zero-order valence-electron chi connectivity index (χ0n) is 9.11. The predicted octanol–water partition coefficient (Wildman–Crippen LogP) is 1.14. The molecular weight excluding hydrogens is 204 g/mol. The van der Waals surface area contributed by atoms with Gasteiger partial charge in [0.2, 0.25) is 0 Å². The smallest absolute Gasteiger partial charge is 0.269 e. The highest BCUT2D eigenvalue weighted by Crippen LogP contribution is 2.14. The lowest BCUT2D eigenvalue weighted by molar-refractivity contribution is 0.0958. The van der Waals surface area contributed by atoms with Gasteiger partial charge in [-0.3, -0.25) is 9.89 Å². The van der Waals surface area contributed by atoms with Crippen LogP contribution in [0.4, 0.5) is 0 Å². The van der Waals surface area contributed by atoms with Crippen LogP contribution < -0.4 is 5.32 Å². The van der Waals surface area contributed by atoms with Gasteiger partial charge in [0, 0.05) is 12.7 Å². The molecule has 0 radical (unpaired) electrons. The molecule has 0 atom stereocenters. The number of hydrogen-bond acceptors (Lipinski definition) is 3. The number of carbonyl (C=O) groups is 1. The van der Waals surface area contributed by atoms with E-state index >= 15 is 0 Å². The fraction of sp³-hybridized carbons (Fsp3) is 0.182. The highest BCUT2D eigenvalue weighted by molar-refractivity contribution is 5.92. The van der Waals surface area contributed by atoms with Crippen LogP contribution >= 0.6 is 0 Å². The number of nitrogens with zero attached hydrogens (tertiary/aromatic N) is 2. The molecule has 2 aromatic rings. The van der Waals surface area contributed by atoms with Crippen molar-refractivity contribution in [2.45, 2.75) is 6.92 Å². The Hall–Kier alpha value is -2.17. The van der Waals surface area contributed by atoms with Crippen LogP contribution in [0.15, 0.2) is 24.3 Å². The number of carbonyl (C=O) groups excluding carboxylic acids is 1. The number of H-pyrrole nitrogens is 1. The molecule has 0 bridgehead atoms. The van der Waals surface area contributed by atoms with E-state index in [-0.39, 0.29) is 5.91 Å². The molecular formula is C11H12N4O. The van der Waals surface area contributed by atoms with Crippen molar-refractivity contribution < 1.29 is 4.79 Å². The van der Waals surface area contributed by atoms with Crippen LogP contribution in [0.2, 0.25) is 0 Å². The molecule has 5 heteroatoms. The van der Waals surface area contributed by atoms with Crippen LogP contribution in [-0.4, -0.2) is 28.1 Å². The SMILES string of the molecule is CNC(=O)c1cccc(-c2cc(C)[nH]n2)n1. The van der Waals surface area contributed by atoms with E-state index in [0.717, 1.165) is 11.4 Å². The quantitative estimate of drug-likeness (QED) is 0.790. The first-order chi connectivity index (χ1) is 7.70. The minimum absolute atomic E-state index is 0.200. The Bertz CT molecular complexity index is 518. The fourth-order valence-corrected chi connectivity index (χ4v) is 1.38. The van der Waals surface area contributed by atoms with Crippen molar-refractivity contribution in [2.75, 3.05) is 7.05 Å². The van der Waals surface area contributed by atoms with Gasteiger partial charge >= 0.3 is 0 Å². The number of aryl methyl sites for hydroxylation is 1. The molecule has 0 unspecified atom stereocenters. The molecule has 2 aromatic heterocycles. The summed E-state index contributed by atoms with van der Waals surface area (Å²) >= 11 is 0. The van der Waals surface area contributed by atoms with Crippen molar-refractivity contribution in [3.05, 3.63) is 35.7 Å². The molecule has 1 amide bonds. The van der Waals surface area contributed by atoms with Crippen LogP contribution in [0, 0.1) is 6.92 Å². The average Bonchev–Trinajstić information content (AvgIpc) is 2.75. The van der Waals surface area contributed by atoms with Crippen molar-refractivity contribution in [3.63, 3.8) is 0 Å². The van der Waals surface area contributed by atoms with Gasteiger partial charge in [0.05, 0.1) is 5.69 Å². The predicted molar refractivity (Wildman–Crippen MR) is 59.9 cm³/mol. The second-order valence-electron chi connectivity index (χ2n) is 3.42. The van der Waals surface area contributed by atoms with E-state index in [1.165, 1.54) is 0 Å². The summed E-state index contributed by atoms with van der Waals surface area (Å²) in [5.41, 5.74) is 2.77. The third-order valence-corrected chi connectivity index (χ3v) is 2.18. The monoisotopic (exact) mass is 216 g/mol. The maximum absolute atomic E-state index is 11.4. The molecule has 0 aromatic carbocycles. The van der Waals surface area contributed by atoms with Gasteiger partial charge in [0.25, 0.3) is 5.91 Å². The molecule has 2 heterocycles. The third-order valence-electron chi connectivity index (χ3n) is 2.18. The van der Waals surface area contributed by atoms with Gasteiger partial charge in [-0.25, -0.2) is 4.98 Å². The lowest BCUT2D eigenvalue weighted by Gasteiger charge is -2.00. The van der Waals surface area contributed by atoms with Crippen LogP contribution in [0.3, 0.4) is 0 Å². The largest absolute Gasteiger partial charge is 0.354 e. The van der Waals surface area contributed by atoms with E-state index in [9.17, 15) is 4.79 Å². The Kier molecular flexibility index (Phi) is 2.68. The van der Waals surface area contributed by atoms with Gasteiger partial charge < -0.3 is 5.32 Å². The normalized spacial score (nSPS) is 10.1. The van der Waals surface area contributed by atoms with Crippen molar-refractivity contribution in [1.82, 2.24) is 20.5 Å². The molecule has 0 fully saturated rings. The molecule has 16 heavy (non-hydrogen) atoms. The topological polar surface area (TPSA) is 70.7 Å². The molecule has 2 N–H and O–H groups in total. The number of amides is 1. The zero-order valence-corrected chi connectivity index (χ0v) is 9.11. The second kappa shape index (κ2) is 4.14. The summed E-state index contributed by atoms with van der Waals surface area (Å²) < 4.78 is 0. The summed E-state index contributed by atoms with van der Waals surface area (Å²) in [5.74, 6) is -0.200. The van der Waals surface area contributed by atoms with Crippen LogP contribution in [0.5, 0.6) is 0 Å². The first kappa shape index (κ1) is 10.4. The Labute approximate surface area is 92.9 Å². The molecule has 2 rings (SSSR count). The van der Waals surface area contributed by atoms with Crippen LogP contribution in [-0.2, 0) is 0 Å². The van der Waals surface area contributed by atoms with Crippen molar-refractivity contribution >= 4 is 5.91 Å². The Morgan fingerprint density at radius 3 is 2.81 bits per heavy atom. The Morgan fingerprint density at radius 2 is 2.19 bits per heavy atom. The molecule has 5 nitrogen and oxygen atoms in total. The molecule has 0 aliphatic carbocycles. The molecule has 0 spiro atoms. The molecule has 0 saturated carbocycles. The van der Waals surface area contributed by atoms with Gasteiger partial charge in [0.1, 0.15) is 11.4 Å². The van der Waals surface area contributed by atoms with E-state index in [1.807, 2.05) is 19.1 Å². The highest BCUT2D eigenvalue weighted by atomic mass is 16.1. The van der Waals surface area contributed by atoms with E-state index in [0.29, 0.717) is 11.4 Å². The van der Waals surface area contributed by atoms with Gasteiger partial charge in [-0.2, -0.15) is 5.10 Å². The fourth-order valence-electron chi connectivity index (χ4n) is 1.38. The summed E-state index contributed by atoms with van der Waals surface area (Å²) in [6, 6.07) is 7.16. The average molecular weight is 216 g/mol. The number of aromatic nitrogens is 3. The summed E-state index contributed by atoms with van der Waals surface area (Å²) in [5, 5.41) is 9.47. The molecule has 0 saturated heterocycles. The van der Waals surface area contributed by atoms with Crippen molar-refractivity contribution in [1.29, 1.82) is 0 Å². The lowest BCUT2D eigenvalue weighted by Crippen LogP contribution is -2.19. The van der Waals surface area contributed by atoms with E-state index in [4.69, 9.17) is 0 Å². The maximum atomic E-state index is 11.4. The number of nitrogens with one attached hydrogen (secondary N) is 2. The molecule has 0 aliphatic rings. The van der Waals surface area contributed by atoms with E-state index in [2.05, 4.69) is 20.5 Å². The summed E-state index contributed by atoms with van der Waals surface area (Å²) in [7, 11) is 1.58. The summed E-state index contributed by atoms with van der Waals surface area (Å²) in [6.45, 7) is 1.92. The van der Waals surface area contributed by atoms with Gasteiger partial charge in [-0.1, -0.05) is 6.07 Å². The van der Waals surface area contributed by atoms with Crippen molar-refractivity contribution in [3.8, 4) is 11.4 Å². The van der Waals surface area contributed by atoms with Gasteiger partial charge in [-0.15, -0.1) is 0 Å². The number of pyridine rings is 1. The number of rotatable bonds is 2. The first-order valence-corrected chi connectivity index (χ1v) is 4.92. The maximum Gasteiger partial charge on any atom is 0.269 e. The molecule has 0 aliphatic heterocycles. The molecule has 82 valence electrons. The van der Waals surface area contributed by atoms with Crippen LogP contribution in [0.1, 0.15) is 16.2 Å². The number of aromatic amines is 1. The minimum Gasteiger partial charge on any atom is -0.354 e. The van der Waals surface area contributed by atoms with E-state index < -0.39 is 0 Å². The summed E-state index contributed by atoms with van der Waals surface area (Å²) in [6.07, 6.45) is 0. The second-order valence-corrected chi connectivity index (χ2v) is 3.42. The minimum atomic E-state index is -0.200. The van der Waals surface area contributed by atoms with Gasteiger partial charge in [-0.05, 0) is 25.1 Å². The van der Waals surface area contributed by atoms with Crippen molar-refractivity contribution in [2.24, 2.45) is 0 Å². The summed E-state index contributed by atoms with van der Waals surface area (Å²) in [4.78, 5) is 15.6.